The van der Waals surface area contributed by atoms with E-state index in [0.717, 1.165) is 22.5 Å². The van der Waals surface area contributed by atoms with Crippen molar-refractivity contribution in [3.05, 3.63) is 83.4 Å². The number of rotatable bonds is 6. The van der Waals surface area contributed by atoms with Gasteiger partial charge in [0.15, 0.2) is 12.3 Å². The van der Waals surface area contributed by atoms with Crippen molar-refractivity contribution in [1.29, 1.82) is 0 Å². The molecule has 1 amide bonds. The van der Waals surface area contributed by atoms with Crippen LogP contribution in [0.2, 0.25) is 0 Å². The second kappa shape index (κ2) is 8.74. The lowest BCUT2D eigenvalue weighted by Gasteiger charge is -2.08. The Bertz CT molecular complexity index is 1250. The molecule has 0 aliphatic rings. The minimum atomic E-state index is -0.422. The molecule has 156 valence electrons. The van der Waals surface area contributed by atoms with E-state index in [2.05, 4.69) is 20.6 Å². The number of fused-ring (bicyclic) bond motifs is 1. The van der Waals surface area contributed by atoms with E-state index in [1.807, 2.05) is 44.2 Å². The lowest BCUT2D eigenvalue weighted by atomic mass is 10.2. The van der Waals surface area contributed by atoms with Gasteiger partial charge in [0.2, 0.25) is 0 Å². The highest BCUT2D eigenvalue weighted by Crippen LogP contribution is 2.30. The van der Waals surface area contributed by atoms with Crippen LogP contribution in [0.3, 0.4) is 0 Å². The van der Waals surface area contributed by atoms with Crippen molar-refractivity contribution < 1.29 is 13.9 Å². The van der Waals surface area contributed by atoms with Crippen LogP contribution in [0.25, 0.3) is 16.7 Å². The van der Waals surface area contributed by atoms with E-state index in [9.17, 15) is 9.18 Å². The first-order chi connectivity index (χ1) is 15.0. The molecule has 0 radical (unpaired) electrons. The van der Waals surface area contributed by atoms with Crippen molar-refractivity contribution in [3.63, 3.8) is 0 Å². The number of carbonyl (C=O) groups is 1. The van der Waals surface area contributed by atoms with Gasteiger partial charge in [0.25, 0.3) is 5.91 Å². The van der Waals surface area contributed by atoms with Gasteiger partial charge >= 0.3 is 0 Å². The van der Waals surface area contributed by atoms with E-state index in [1.165, 1.54) is 18.3 Å². The molecule has 2 heterocycles. The van der Waals surface area contributed by atoms with Crippen molar-refractivity contribution >= 4 is 23.2 Å². The number of hydrogen-bond acceptors (Lipinski definition) is 5. The molecule has 2 aromatic heterocycles. The zero-order valence-electron chi connectivity index (χ0n) is 17.0. The van der Waals surface area contributed by atoms with Gasteiger partial charge in [0.1, 0.15) is 11.6 Å². The van der Waals surface area contributed by atoms with Gasteiger partial charge in [-0.15, -0.1) is 0 Å². The zero-order valence-corrected chi connectivity index (χ0v) is 17.0. The van der Waals surface area contributed by atoms with Crippen LogP contribution in [0.1, 0.15) is 17.0 Å². The summed E-state index contributed by atoms with van der Waals surface area (Å²) in [6.07, 6.45) is 1.43. The van der Waals surface area contributed by atoms with Crippen LogP contribution in [-0.4, -0.2) is 33.5 Å². The van der Waals surface area contributed by atoms with Crippen LogP contribution in [0.15, 0.2) is 65.8 Å². The Hall–Kier alpha value is -4.07. The van der Waals surface area contributed by atoms with Crippen LogP contribution in [0.5, 0.6) is 5.75 Å². The van der Waals surface area contributed by atoms with E-state index in [4.69, 9.17) is 4.74 Å². The molecule has 4 aromatic rings. The van der Waals surface area contributed by atoms with Crippen LogP contribution >= 0.6 is 0 Å². The first-order valence-electron chi connectivity index (χ1n) is 9.64. The number of nitrogens with zero attached hydrogens (tertiary/aromatic N) is 4. The molecule has 0 aliphatic carbocycles. The third-order valence-corrected chi connectivity index (χ3v) is 4.54. The molecule has 0 bridgehead atoms. The smallest absolute Gasteiger partial charge is 0.277 e. The zero-order chi connectivity index (χ0) is 21.8. The fraction of sp³-hybridized carbons (Fsp3) is 0.130. The summed E-state index contributed by atoms with van der Waals surface area (Å²) < 4.78 is 20.5. The molecular formula is C23H20FN5O2. The molecular weight excluding hydrogens is 397 g/mol. The van der Waals surface area contributed by atoms with Gasteiger partial charge in [-0.1, -0.05) is 30.3 Å². The fourth-order valence-corrected chi connectivity index (χ4v) is 3.13. The summed E-state index contributed by atoms with van der Waals surface area (Å²) in [6.45, 7) is 3.50. The van der Waals surface area contributed by atoms with Gasteiger partial charge in [-0.2, -0.15) is 10.2 Å². The SMILES string of the molecule is Cc1cc(OCC(=O)N/N=C/c2ccc(F)cc2)c2c(C)nn(-c3ccccc3)c2n1. The van der Waals surface area contributed by atoms with Crippen LogP contribution in [0, 0.1) is 19.7 Å². The normalized spacial score (nSPS) is 11.2. The first kappa shape index (κ1) is 20.2. The molecule has 1 N–H and O–H groups in total. The molecule has 0 atom stereocenters. The molecule has 7 nitrogen and oxygen atoms in total. The Morgan fingerprint density at radius 2 is 1.90 bits per heavy atom. The molecule has 4 rings (SSSR count). The monoisotopic (exact) mass is 417 g/mol. The van der Waals surface area contributed by atoms with Crippen LogP contribution < -0.4 is 10.2 Å². The molecule has 0 aliphatic heterocycles. The maximum atomic E-state index is 12.9. The number of aryl methyl sites for hydroxylation is 2. The summed E-state index contributed by atoms with van der Waals surface area (Å²) >= 11 is 0. The molecule has 0 spiro atoms. The van der Waals surface area contributed by atoms with Crippen molar-refractivity contribution in [2.75, 3.05) is 6.61 Å². The van der Waals surface area contributed by atoms with Crippen molar-refractivity contribution in [2.45, 2.75) is 13.8 Å². The van der Waals surface area contributed by atoms with E-state index in [0.29, 0.717) is 17.0 Å². The van der Waals surface area contributed by atoms with Crippen molar-refractivity contribution in [3.8, 4) is 11.4 Å². The number of hydrazone groups is 1. The summed E-state index contributed by atoms with van der Waals surface area (Å²) in [6, 6.07) is 17.2. The topological polar surface area (TPSA) is 81.4 Å². The van der Waals surface area contributed by atoms with Gasteiger partial charge in [0.05, 0.1) is 23.0 Å². The summed E-state index contributed by atoms with van der Waals surface area (Å²) in [5.74, 6) is -0.228. The Morgan fingerprint density at radius 1 is 1.16 bits per heavy atom. The highest BCUT2D eigenvalue weighted by atomic mass is 19.1. The fourth-order valence-electron chi connectivity index (χ4n) is 3.13. The lowest BCUT2D eigenvalue weighted by molar-refractivity contribution is -0.123. The van der Waals surface area contributed by atoms with Gasteiger partial charge < -0.3 is 4.74 Å². The van der Waals surface area contributed by atoms with E-state index in [1.54, 1.807) is 22.9 Å². The number of hydrogen-bond donors (Lipinski definition) is 1. The number of nitrogens with one attached hydrogen (secondary N) is 1. The van der Waals surface area contributed by atoms with E-state index >= 15 is 0 Å². The summed E-state index contributed by atoms with van der Waals surface area (Å²) in [7, 11) is 0. The maximum absolute atomic E-state index is 12.9. The summed E-state index contributed by atoms with van der Waals surface area (Å²) in [5, 5.41) is 9.22. The number of benzene rings is 2. The van der Waals surface area contributed by atoms with E-state index in [-0.39, 0.29) is 12.4 Å². The predicted molar refractivity (Wildman–Crippen MR) is 116 cm³/mol. The van der Waals surface area contributed by atoms with Crippen LogP contribution in [0.4, 0.5) is 4.39 Å². The summed E-state index contributed by atoms with van der Waals surface area (Å²) in [5.41, 5.74) is 6.10. The number of amides is 1. The Kier molecular flexibility index (Phi) is 5.70. The molecule has 2 aromatic carbocycles. The van der Waals surface area contributed by atoms with Crippen LogP contribution in [-0.2, 0) is 4.79 Å². The Balaban J connectivity index is 1.50. The largest absolute Gasteiger partial charge is 0.483 e. The Morgan fingerprint density at radius 3 is 2.65 bits per heavy atom. The molecule has 0 fully saturated rings. The Labute approximate surface area is 178 Å². The van der Waals surface area contributed by atoms with Gasteiger partial charge in [-0.3, -0.25) is 4.79 Å². The molecule has 8 heteroatoms. The average molecular weight is 417 g/mol. The summed E-state index contributed by atoms with van der Waals surface area (Å²) in [4.78, 5) is 16.8. The molecule has 0 unspecified atom stereocenters. The van der Waals surface area contributed by atoms with Crippen molar-refractivity contribution in [2.24, 2.45) is 5.10 Å². The van der Waals surface area contributed by atoms with E-state index < -0.39 is 5.91 Å². The number of aromatic nitrogens is 3. The second-order valence-electron chi connectivity index (χ2n) is 6.93. The highest BCUT2D eigenvalue weighted by Gasteiger charge is 2.17. The number of halogens is 1. The lowest BCUT2D eigenvalue weighted by Crippen LogP contribution is -2.24. The number of ether oxygens (including phenoxy) is 1. The number of para-hydroxylation sites is 1. The first-order valence-corrected chi connectivity index (χ1v) is 9.64. The van der Waals surface area contributed by atoms with Crippen molar-refractivity contribution in [1.82, 2.24) is 20.2 Å². The molecule has 0 saturated heterocycles. The number of pyridine rings is 1. The minimum absolute atomic E-state index is 0.227. The standard InChI is InChI=1S/C23H20FN5O2/c1-15-12-20(31-14-21(30)27-25-13-17-8-10-18(24)11-9-17)22-16(2)28-29(23(22)26-15)19-6-4-3-5-7-19/h3-13H,14H2,1-2H3,(H,27,30)/b25-13+. The third kappa shape index (κ3) is 4.58. The highest BCUT2D eigenvalue weighted by molar-refractivity contribution is 5.87. The van der Waals surface area contributed by atoms with Gasteiger partial charge in [-0.05, 0) is 43.7 Å². The van der Waals surface area contributed by atoms with Gasteiger partial charge in [-0.25, -0.2) is 19.5 Å². The number of carbonyl (C=O) groups excluding carboxylic acids is 1. The third-order valence-electron chi connectivity index (χ3n) is 4.54. The minimum Gasteiger partial charge on any atom is -0.483 e. The molecule has 0 saturated carbocycles. The van der Waals surface area contributed by atoms with Gasteiger partial charge in [0, 0.05) is 11.8 Å². The predicted octanol–water partition coefficient (Wildman–Crippen LogP) is 3.71. The molecule has 31 heavy (non-hydrogen) atoms. The quantitative estimate of drug-likeness (QED) is 0.383. The maximum Gasteiger partial charge on any atom is 0.277 e. The average Bonchev–Trinajstić information content (AvgIpc) is 3.10. The second-order valence-corrected chi connectivity index (χ2v) is 6.93.